The number of hydrogen-bond acceptors (Lipinski definition) is 2. The maximum Gasteiger partial charge on any atom is 0.176 e. The molecule has 0 aliphatic heterocycles. The molecule has 1 aliphatic carbocycles. The summed E-state index contributed by atoms with van der Waals surface area (Å²) in [6, 6.07) is 20.6. The molecule has 0 spiro atoms. The highest BCUT2D eigenvalue weighted by molar-refractivity contribution is 7.20. The maximum atomic E-state index is 12.6. The first-order valence-electron chi connectivity index (χ1n) is 6.90. The third kappa shape index (κ3) is 1.97. The van der Waals surface area contributed by atoms with Crippen LogP contribution in [0.1, 0.15) is 27.6 Å². The van der Waals surface area contributed by atoms with Crippen molar-refractivity contribution >= 4 is 27.2 Å². The highest BCUT2D eigenvalue weighted by Crippen LogP contribution is 2.49. The topological polar surface area (TPSA) is 17.1 Å². The molecule has 98 valence electrons. The fourth-order valence-corrected chi connectivity index (χ4v) is 3.91. The monoisotopic (exact) mass is 278 g/mol. The van der Waals surface area contributed by atoms with Gasteiger partial charge in [0.1, 0.15) is 0 Å². The molecule has 1 saturated carbocycles. The smallest absolute Gasteiger partial charge is 0.176 e. The molecule has 2 atom stereocenters. The van der Waals surface area contributed by atoms with E-state index >= 15 is 0 Å². The van der Waals surface area contributed by atoms with Crippen molar-refractivity contribution in [2.24, 2.45) is 5.92 Å². The molecule has 2 heteroatoms. The SMILES string of the molecule is O=C(c1cc2ccccc2s1)C1CC1c1ccccc1. The summed E-state index contributed by atoms with van der Waals surface area (Å²) in [5.41, 5.74) is 1.30. The van der Waals surface area contributed by atoms with E-state index in [0.717, 1.165) is 11.3 Å². The molecule has 2 aromatic carbocycles. The van der Waals surface area contributed by atoms with Crippen molar-refractivity contribution in [2.45, 2.75) is 12.3 Å². The Balaban J connectivity index is 1.60. The molecule has 1 aromatic heterocycles. The zero-order valence-corrected chi connectivity index (χ0v) is 11.8. The summed E-state index contributed by atoms with van der Waals surface area (Å²) in [6.07, 6.45) is 0.997. The van der Waals surface area contributed by atoms with Gasteiger partial charge in [0.05, 0.1) is 4.88 Å². The van der Waals surface area contributed by atoms with Crippen LogP contribution < -0.4 is 0 Å². The first-order valence-corrected chi connectivity index (χ1v) is 7.72. The van der Waals surface area contributed by atoms with Gasteiger partial charge in [-0.15, -0.1) is 11.3 Å². The predicted molar refractivity (Wildman–Crippen MR) is 83.4 cm³/mol. The fraction of sp³-hybridized carbons (Fsp3) is 0.167. The Morgan fingerprint density at radius 1 is 1.00 bits per heavy atom. The number of rotatable bonds is 3. The van der Waals surface area contributed by atoms with Gasteiger partial charge in [-0.1, -0.05) is 48.5 Å². The van der Waals surface area contributed by atoms with Crippen molar-refractivity contribution in [3.63, 3.8) is 0 Å². The third-order valence-electron chi connectivity index (χ3n) is 4.02. The summed E-state index contributed by atoms with van der Waals surface area (Å²) in [5.74, 6) is 0.930. The van der Waals surface area contributed by atoms with Gasteiger partial charge in [-0.05, 0) is 35.4 Å². The van der Waals surface area contributed by atoms with E-state index < -0.39 is 0 Å². The average molecular weight is 278 g/mol. The zero-order valence-electron chi connectivity index (χ0n) is 11.0. The van der Waals surface area contributed by atoms with Gasteiger partial charge in [-0.25, -0.2) is 0 Å². The number of fused-ring (bicyclic) bond motifs is 1. The summed E-state index contributed by atoms with van der Waals surface area (Å²) in [7, 11) is 0. The van der Waals surface area contributed by atoms with Crippen LogP contribution in [0.2, 0.25) is 0 Å². The Kier molecular flexibility index (Phi) is 2.71. The molecular weight excluding hydrogens is 264 g/mol. The Morgan fingerprint density at radius 2 is 1.75 bits per heavy atom. The summed E-state index contributed by atoms with van der Waals surface area (Å²) in [4.78, 5) is 13.5. The molecule has 20 heavy (non-hydrogen) atoms. The molecular formula is C18H14OS. The van der Waals surface area contributed by atoms with Crippen LogP contribution in [0.15, 0.2) is 60.7 Å². The summed E-state index contributed by atoms with van der Waals surface area (Å²) >= 11 is 1.62. The van der Waals surface area contributed by atoms with Crippen molar-refractivity contribution in [1.29, 1.82) is 0 Å². The average Bonchev–Trinajstić information content (AvgIpc) is 3.18. The molecule has 1 fully saturated rings. The van der Waals surface area contributed by atoms with Crippen LogP contribution in [-0.2, 0) is 0 Å². The maximum absolute atomic E-state index is 12.6. The molecule has 0 radical (unpaired) electrons. The predicted octanol–water partition coefficient (Wildman–Crippen LogP) is 4.89. The fourth-order valence-electron chi connectivity index (χ4n) is 2.84. The van der Waals surface area contributed by atoms with Crippen LogP contribution in [-0.4, -0.2) is 5.78 Å². The number of carbonyl (C=O) groups is 1. The minimum absolute atomic E-state index is 0.186. The van der Waals surface area contributed by atoms with Gasteiger partial charge in [0.2, 0.25) is 0 Å². The lowest BCUT2D eigenvalue weighted by Crippen LogP contribution is -2.00. The highest BCUT2D eigenvalue weighted by Gasteiger charge is 2.44. The Morgan fingerprint density at radius 3 is 2.55 bits per heavy atom. The molecule has 2 unspecified atom stereocenters. The molecule has 0 bridgehead atoms. The van der Waals surface area contributed by atoms with Crippen LogP contribution in [0.3, 0.4) is 0 Å². The summed E-state index contributed by atoms with van der Waals surface area (Å²) < 4.78 is 1.20. The van der Waals surface area contributed by atoms with Crippen molar-refractivity contribution in [3.05, 3.63) is 71.1 Å². The van der Waals surface area contributed by atoms with Crippen molar-refractivity contribution < 1.29 is 4.79 Å². The van der Waals surface area contributed by atoms with E-state index in [0.29, 0.717) is 11.7 Å². The number of carbonyl (C=O) groups excluding carboxylic acids is 1. The van der Waals surface area contributed by atoms with Crippen LogP contribution in [0.25, 0.3) is 10.1 Å². The van der Waals surface area contributed by atoms with E-state index in [1.165, 1.54) is 15.6 Å². The Bertz CT molecular complexity index is 739. The third-order valence-corrected chi connectivity index (χ3v) is 5.15. The lowest BCUT2D eigenvalue weighted by molar-refractivity contribution is 0.0969. The van der Waals surface area contributed by atoms with Crippen molar-refractivity contribution in [1.82, 2.24) is 0 Å². The summed E-state index contributed by atoms with van der Waals surface area (Å²) in [6.45, 7) is 0. The standard InChI is InChI=1S/C18H14OS/c19-18(15-11-14(15)12-6-2-1-3-7-12)17-10-13-8-4-5-9-16(13)20-17/h1-10,14-15H,11H2. The van der Waals surface area contributed by atoms with Crippen molar-refractivity contribution in [3.8, 4) is 0 Å². The van der Waals surface area contributed by atoms with Crippen LogP contribution in [0.5, 0.6) is 0 Å². The minimum atomic E-state index is 0.186. The first-order chi connectivity index (χ1) is 9.83. The quantitative estimate of drug-likeness (QED) is 0.623. The van der Waals surface area contributed by atoms with Gasteiger partial charge < -0.3 is 0 Å². The number of benzene rings is 2. The largest absolute Gasteiger partial charge is 0.293 e. The van der Waals surface area contributed by atoms with Gasteiger partial charge in [0.25, 0.3) is 0 Å². The van der Waals surface area contributed by atoms with E-state index in [1.54, 1.807) is 11.3 Å². The lowest BCUT2D eigenvalue weighted by atomic mass is 10.1. The van der Waals surface area contributed by atoms with Gasteiger partial charge in [0, 0.05) is 10.6 Å². The van der Waals surface area contributed by atoms with E-state index in [-0.39, 0.29) is 5.92 Å². The van der Waals surface area contributed by atoms with Gasteiger partial charge in [-0.2, -0.15) is 0 Å². The van der Waals surface area contributed by atoms with E-state index in [4.69, 9.17) is 0 Å². The number of thiophene rings is 1. The lowest BCUT2D eigenvalue weighted by Gasteiger charge is -1.98. The molecule has 3 aromatic rings. The van der Waals surface area contributed by atoms with Crippen LogP contribution in [0.4, 0.5) is 0 Å². The van der Waals surface area contributed by atoms with E-state index in [1.807, 2.05) is 24.3 Å². The van der Waals surface area contributed by atoms with E-state index in [9.17, 15) is 4.79 Å². The number of hydrogen-bond donors (Lipinski definition) is 0. The van der Waals surface area contributed by atoms with E-state index in [2.05, 4.69) is 36.4 Å². The van der Waals surface area contributed by atoms with Gasteiger partial charge in [-0.3, -0.25) is 4.79 Å². The number of Topliss-reactive ketones (excluding diaryl/α,β-unsaturated/α-hetero) is 1. The second kappa shape index (κ2) is 4.57. The zero-order chi connectivity index (χ0) is 13.5. The number of ketones is 1. The second-order valence-electron chi connectivity index (χ2n) is 5.37. The van der Waals surface area contributed by atoms with Crippen molar-refractivity contribution in [2.75, 3.05) is 0 Å². The summed E-state index contributed by atoms with van der Waals surface area (Å²) in [5, 5.41) is 1.18. The second-order valence-corrected chi connectivity index (χ2v) is 6.46. The van der Waals surface area contributed by atoms with Crippen LogP contribution in [0, 0.1) is 5.92 Å². The normalized spacial score (nSPS) is 21.0. The molecule has 1 nitrogen and oxygen atoms in total. The van der Waals surface area contributed by atoms with Crippen LogP contribution >= 0.6 is 11.3 Å². The molecule has 4 rings (SSSR count). The minimum Gasteiger partial charge on any atom is -0.293 e. The first kappa shape index (κ1) is 11.9. The molecule has 1 heterocycles. The molecule has 1 aliphatic rings. The van der Waals surface area contributed by atoms with Gasteiger partial charge >= 0.3 is 0 Å². The van der Waals surface area contributed by atoms with Gasteiger partial charge in [0.15, 0.2) is 5.78 Å². The molecule has 0 saturated heterocycles. The molecule has 0 N–H and O–H groups in total. The molecule has 0 amide bonds. The Hall–Kier alpha value is -1.93. The highest BCUT2D eigenvalue weighted by atomic mass is 32.1. The Labute approximate surface area is 121 Å².